The highest BCUT2D eigenvalue weighted by molar-refractivity contribution is 5.85. The number of hydrogen-bond donors (Lipinski definition) is 2. The van der Waals surface area contributed by atoms with Crippen LogP contribution in [0.25, 0.3) is 0 Å². The molecule has 0 saturated heterocycles. The molecule has 0 spiro atoms. The molecule has 0 aromatic rings. The lowest BCUT2D eigenvalue weighted by Crippen LogP contribution is -2.41. The fourth-order valence-corrected chi connectivity index (χ4v) is 3.09. The van der Waals surface area contributed by atoms with Gasteiger partial charge in [0.1, 0.15) is 0 Å². The second kappa shape index (κ2) is 8.30. The van der Waals surface area contributed by atoms with Gasteiger partial charge in [-0.05, 0) is 37.8 Å². The van der Waals surface area contributed by atoms with Crippen LogP contribution in [0.5, 0.6) is 0 Å². The molecule has 3 nitrogen and oxygen atoms in total. The first-order valence-electron chi connectivity index (χ1n) is 6.74. The van der Waals surface area contributed by atoms with Crippen molar-refractivity contribution in [3.05, 3.63) is 0 Å². The summed E-state index contributed by atoms with van der Waals surface area (Å²) in [7, 11) is 0. The van der Waals surface area contributed by atoms with Gasteiger partial charge in [-0.3, -0.25) is 0 Å². The monoisotopic (exact) mass is 264 g/mol. The zero-order valence-electron chi connectivity index (χ0n) is 11.3. The van der Waals surface area contributed by atoms with Crippen LogP contribution in [0.2, 0.25) is 0 Å². The van der Waals surface area contributed by atoms with E-state index in [4.69, 9.17) is 10.8 Å². The van der Waals surface area contributed by atoms with Crippen molar-refractivity contribution in [1.82, 2.24) is 4.90 Å². The Hall–Kier alpha value is 0.170. The molecule has 1 aliphatic rings. The molecule has 0 aliphatic heterocycles. The molecular weight excluding hydrogens is 236 g/mol. The molecule has 1 fully saturated rings. The normalized spacial score (nSPS) is 20.3. The number of hydrogen-bond acceptors (Lipinski definition) is 3. The third-order valence-corrected chi connectivity index (χ3v) is 4.05. The van der Waals surface area contributed by atoms with E-state index in [0.29, 0.717) is 5.41 Å². The summed E-state index contributed by atoms with van der Waals surface area (Å²) < 4.78 is 0. The van der Waals surface area contributed by atoms with Crippen LogP contribution in [-0.4, -0.2) is 42.3 Å². The third-order valence-electron chi connectivity index (χ3n) is 4.05. The van der Waals surface area contributed by atoms with E-state index in [1.54, 1.807) is 0 Å². The second-order valence-electron chi connectivity index (χ2n) is 5.32. The standard InChI is InChI=1S/C13H28N2O.ClH/c1-3-15(4-2)11-13(7-5-6-8-13)9-12(14)10-16;/h12,16H,3-11,14H2,1-2H3;1H. The quantitative estimate of drug-likeness (QED) is 0.740. The minimum atomic E-state index is -0.0336. The average Bonchev–Trinajstić information content (AvgIpc) is 2.74. The van der Waals surface area contributed by atoms with Crippen molar-refractivity contribution >= 4 is 12.4 Å². The van der Waals surface area contributed by atoms with E-state index in [2.05, 4.69) is 18.7 Å². The van der Waals surface area contributed by atoms with Crippen LogP contribution in [0.1, 0.15) is 46.0 Å². The van der Waals surface area contributed by atoms with E-state index in [1.807, 2.05) is 0 Å². The van der Waals surface area contributed by atoms with Gasteiger partial charge in [-0.25, -0.2) is 0 Å². The molecule has 0 aromatic heterocycles. The van der Waals surface area contributed by atoms with Gasteiger partial charge in [-0.15, -0.1) is 12.4 Å². The highest BCUT2D eigenvalue weighted by atomic mass is 35.5. The molecule has 1 atom stereocenters. The zero-order valence-corrected chi connectivity index (χ0v) is 12.1. The fourth-order valence-electron chi connectivity index (χ4n) is 3.09. The van der Waals surface area contributed by atoms with Gasteiger partial charge >= 0.3 is 0 Å². The van der Waals surface area contributed by atoms with Gasteiger partial charge in [0, 0.05) is 12.6 Å². The molecular formula is C13H29ClN2O. The van der Waals surface area contributed by atoms with E-state index < -0.39 is 0 Å². The Morgan fingerprint density at radius 3 is 2.18 bits per heavy atom. The summed E-state index contributed by atoms with van der Waals surface area (Å²) in [5.74, 6) is 0. The van der Waals surface area contributed by atoms with E-state index in [9.17, 15) is 0 Å². The maximum atomic E-state index is 9.12. The van der Waals surface area contributed by atoms with Crippen molar-refractivity contribution in [3.63, 3.8) is 0 Å². The molecule has 0 aromatic carbocycles. The van der Waals surface area contributed by atoms with E-state index >= 15 is 0 Å². The Morgan fingerprint density at radius 1 is 1.24 bits per heavy atom. The SMILES string of the molecule is CCN(CC)CC1(CC(N)CO)CCCC1.Cl. The lowest BCUT2D eigenvalue weighted by Gasteiger charge is -2.36. The lowest BCUT2D eigenvalue weighted by atomic mass is 9.79. The van der Waals surface area contributed by atoms with Crippen LogP contribution >= 0.6 is 12.4 Å². The summed E-state index contributed by atoms with van der Waals surface area (Å²) in [6, 6.07) is -0.0336. The first kappa shape index (κ1) is 17.2. The van der Waals surface area contributed by atoms with Crippen LogP contribution in [0.4, 0.5) is 0 Å². The number of nitrogens with zero attached hydrogens (tertiary/aromatic N) is 1. The molecule has 0 heterocycles. The lowest BCUT2D eigenvalue weighted by molar-refractivity contribution is 0.128. The number of aliphatic hydroxyl groups excluding tert-OH is 1. The van der Waals surface area contributed by atoms with Crippen molar-refractivity contribution in [2.24, 2.45) is 11.1 Å². The van der Waals surface area contributed by atoms with E-state index in [1.165, 1.54) is 25.7 Å². The molecule has 4 heteroatoms. The van der Waals surface area contributed by atoms with E-state index in [0.717, 1.165) is 26.1 Å². The van der Waals surface area contributed by atoms with Gasteiger partial charge in [0.25, 0.3) is 0 Å². The molecule has 1 aliphatic carbocycles. The predicted octanol–water partition coefficient (Wildman–Crippen LogP) is 2.02. The molecule has 3 N–H and O–H groups in total. The molecule has 0 radical (unpaired) electrons. The maximum Gasteiger partial charge on any atom is 0.0582 e. The third kappa shape index (κ3) is 5.12. The van der Waals surface area contributed by atoms with Crippen molar-refractivity contribution in [1.29, 1.82) is 0 Å². The highest BCUT2D eigenvalue weighted by Gasteiger charge is 2.36. The van der Waals surface area contributed by atoms with Crippen LogP contribution in [0, 0.1) is 5.41 Å². The molecule has 104 valence electrons. The van der Waals surface area contributed by atoms with Gasteiger partial charge in [-0.2, -0.15) is 0 Å². The van der Waals surface area contributed by atoms with Gasteiger partial charge < -0.3 is 15.7 Å². The molecule has 17 heavy (non-hydrogen) atoms. The molecule has 0 amide bonds. The van der Waals surface area contributed by atoms with Crippen molar-refractivity contribution in [2.45, 2.75) is 52.0 Å². The number of nitrogens with two attached hydrogens (primary N) is 1. The summed E-state index contributed by atoms with van der Waals surface area (Å²) in [5.41, 5.74) is 6.31. The van der Waals surface area contributed by atoms with Crippen molar-refractivity contribution in [3.8, 4) is 0 Å². The molecule has 0 bridgehead atoms. The van der Waals surface area contributed by atoms with Crippen molar-refractivity contribution in [2.75, 3.05) is 26.2 Å². The highest BCUT2D eigenvalue weighted by Crippen LogP contribution is 2.42. The Labute approximate surface area is 112 Å². The first-order valence-corrected chi connectivity index (χ1v) is 6.74. The van der Waals surface area contributed by atoms with Crippen LogP contribution in [0.15, 0.2) is 0 Å². The number of rotatable bonds is 7. The number of halogens is 1. The minimum absolute atomic E-state index is 0. The van der Waals surface area contributed by atoms with Crippen LogP contribution < -0.4 is 5.73 Å². The molecule has 1 unspecified atom stereocenters. The fraction of sp³-hybridized carbons (Fsp3) is 1.00. The van der Waals surface area contributed by atoms with Gasteiger partial charge in [-0.1, -0.05) is 26.7 Å². The number of aliphatic hydroxyl groups is 1. The summed E-state index contributed by atoms with van der Waals surface area (Å²) in [6.45, 7) is 7.96. The maximum absolute atomic E-state index is 9.12. The van der Waals surface area contributed by atoms with Crippen LogP contribution in [0.3, 0.4) is 0 Å². The largest absolute Gasteiger partial charge is 0.395 e. The molecule has 1 rings (SSSR count). The summed E-state index contributed by atoms with van der Waals surface area (Å²) in [4.78, 5) is 2.50. The zero-order chi connectivity index (χ0) is 12.0. The smallest absolute Gasteiger partial charge is 0.0582 e. The minimum Gasteiger partial charge on any atom is -0.395 e. The average molecular weight is 265 g/mol. The van der Waals surface area contributed by atoms with Gasteiger partial charge in [0.2, 0.25) is 0 Å². The first-order chi connectivity index (χ1) is 7.65. The van der Waals surface area contributed by atoms with E-state index in [-0.39, 0.29) is 25.1 Å². The summed E-state index contributed by atoms with van der Waals surface area (Å²) in [5, 5.41) is 9.12. The van der Waals surface area contributed by atoms with Gasteiger partial charge in [0.05, 0.1) is 6.61 Å². The summed E-state index contributed by atoms with van der Waals surface area (Å²) >= 11 is 0. The Bertz CT molecular complexity index is 192. The Balaban J connectivity index is 0.00000256. The second-order valence-corrected chi connectivity index (χ2v) is 5.32. The summed E-state index contributed by atoms with van der Waals surface area (Å²) in [6.07, 6.45) is 6.23. The van der Waals surface area contributed by atoms with Gasteiger partial charge in [0.15, 0.2) is 0 Å². The van der Waals surface area contributed by atoms with Crippen molar-refractivity contribution < 1.29 is 5.11 Å². The Morgan fingerprint density at radius 2 is 1.76 bits per heavy atom. The van der Waals surface area contributed by atoms with Crippen LogP contribution in [-0.2, 0) is 0 Å². The predicted molar refractivity (Wildman–Crippen MR) is 75.6 cm³/mol. The molecule has 1 saturated carbocycles. The topological polar surface area (TPSA) is 49.5 Å². The Kier molecular flexibility index (Phi) is 8.39.